The molecular weight excluding hydrogens is 542 g/mol. The molecule has 0 aliphatic heterocycles. The number of aliphatic carboxylic acids is 6. The van der Waals surface area contributed by atoms with Crippen molar-refractivity contribution < 1.29 is 124 Å². The molecule has 0 aromatic rings. The number of aliphatic hydroxyl groups is 6. The molecule has 6 atom stereocenters. The molecule has 0 rings (SSSR count). The van der Waals surface area contributed by atoms with Gasteiger partial charge in [-0.1, -0.05) is 0 Å². The zero-order chi connectivity index (χ0) is 24.9. The largest absolute Gasteiger partial charge is 3.00 e. The van der Waals surface area contributed by atoms with Gasteiger partial charge in [0, 0.05) is 0 Å². The van der Waals surface area contributed by atoms with E-state index in [9.17, 15) is 59.4 Å². The Balaban J connectivity index is -0.000000110. The van der Waals surface area contributed by atoms with Crippen LogP contribution in [0.3, 0.4) is 0 Å². The van der Waals surface area contributed by atoms with E-state index in [0.29, 0.717) is 0 Å². The van der Waals surface area contributed by atoms with E-state index in [1.54, 1.807) is 0 Å². The van der Waals surface area contributed by atoms with Gasteiger partial charge in [0.05, 0.1) is 35.8 Å². The van der Waals surface area contributed by atoms with Crippen LogP contribution in [0, 0.1) is 0 Å². The molecule has 0 heterocycles. The van der Waals surface area contributed by atoms with Crippen LogP contribution in [0.1, 0.15) is 0 Å². The first-order chi connectivity index (χ1) is 13.4. The van der Waals surface area contributed by atoms with Crippen LogP contribution in [-0.2, 0) is 62.9 Å². The van der Waals surface area contributed by atoms with Crippen molar-refractivity contribution in [2.45, 2.75) is 36.6 Å². The SMILES string of the molecule is O=C([O-])C(O)C(O)C(=O)[O-].O=C([O-])C(O)C(O)C(=O)[O-].O=C([O-])C(O)C(O)C(=O)[O-].[Mn+3].[Mn+3]. The Morgan fingerprint density at radius 1 is 0.344 bits per heavy atom. The van der Waals surface area contributed by atoms with Gasteiger partial charge in [0.15, 0.2) is 0 Å². The van der Waals surface area contributed by atoms with Gasteiger partial charge in [0.1, 0.15) is 36.6 Å². The van der Waals surface area contributed by atoms with Crippen LogP contribution in [0.2, 0.25) is 0 Å². The van der Waals surface area contributed by atoms with Gasteiger partial charge in [-0.3, -0.25) is 0 Å². The molecule has 0 aromatic heterocycles. The summed E-state index contributed by atoms with van der Waals surface area (Å²) < 4.78 is 0. The van der Waals surface area contributed by atoms with Gasteiger partial charge in [0.2, 0.25) is 0 Å². The van der Waals surface area contributed by atoms with Crippen LogP contribution in [-0.4, -0.2) is 103 Å². The molecule has 0 fully saturated rings. The number of hydrogen-bond acceptors (Lipinski definition) is 18. The maximum Gasteiger partial charge on any atom is 3.00 e. The average Bonchev–Trinajstić information content (AvgIpc) is 2.64. The Hall–Kier alpha value is -2.38. The quantitative estimate of drug-likeness (QED) is 0.144. The molecule has 32 heavy (non-hydrogen) atoms. The molecule has 0 amide bonds. The van der Waals surface area contributed by atoms with Crippen LogP contribution < -0.4 is 30.6 Å². The minimum Gasteiger partial charge on any atom is -0.547 e. The molecule has 182 valence electrons. The maximum atomic E-state index is 9.63. The number of hydrogen-bond donors (Lipinski definition) is 6. The molecule has 0 aliphatic rings. The van der Waals surface area contributed by atoms with Gasteiger partial charge in [-0.25, -0.2) is 0 Å². The van der Waals surface area contributed by atoms with E-state index in [-0.39, 0.29) is 34.1 Å². The van der Waals surface area contributed by atoms with E-state index in [0.717, 1.165) is 0 Å². The van der Waals surface area contributed by atoms with E-state index in [2.05, 4.69) is 0 Å². The molecule has 0 radical (unpaired) electrons. The fourth-order valence-corrected chi connectivity index (χ4v) is 0.773. The Morgan fingerprint density at radius 3 is 0.438 bits per heavy atom. The number of carbonyl (C=O) groups is 6. The maximum absolute atomic E-state index is 9.63. The molecule has 6 N–H and O–H groups in total. The molecule has 0 aliphatic carbocycles. The summed E-state index contributed by atoms with van der Waals surface area (Å²) >= 11 is 0. The van der Waals surface area contributed by atoms with E-state index >= 15 is 0 Å². The fourth-order valence-electron chi connectivity index (χ4n) is 0.773. The standard InChI is InChI=1S/3C4H6O6.2Mn/c3*5-1(3(7)8)2(6)4(9)10;;/h3*1-2,5-6H,(H,7,8)(H,9,10);;/q;;;2*+3/p-6. The number of rotatable bonds is 9. The zero-order valence-electron chi connectivity index (χ0n) is 14.8. The van der Waals surface area contributed by atoms with Crippen molar-refractivity contribution in [3.8, 4) is 0 Å². The molecule has 6 unspecified atom stereocenters. The third kappa shape index (κ3) is 17.3. The Morgan fingerprint density at radius 2 is 0.406 bits per heavy atom. The summed E-state index contributed by atoms with van der Waals surface area (Å²) in [5.41, 5.74) is 0. The predicted molar refractivity (Wildman–Crippen MR) is 66.1 cm³/mol. The molecular formula is C12H12Mn2O18. The minimum absolute atomic E-state index is 0. The molecule has 18 nitrogen and oxygen atoms in total. The second-order valence-corrected chi connectivity index (χ2v) is 4.58. The van der Waals surface area contributed by atoms with Crippen molar-refractivity contribution in [3.63, 3.8) is 0 Å². The average molecular weight is 554 g/mol. The normalized spacial score (nSPS) is 14.8. The van der Waals surface area contributed by atoms with Crippen LogP contribution in [0.4, 0.5) is 0 Å². The van der Waals surface area contributed by atoms with Crippen molar-refractivity contribution in [2.24, 2.45) is 0 Å². The predicted octanol–water partition coefficient (Wildman–Crippen LogP) is -14.4. The van der Waals surface area contributed by atoms with Crippen molar-refractivity contribution in [1.29, 1.82) is 0 Å². The topological polar surface area (TPSA) is 362 Å². The molecule has 0 saturated carbocycles. The third-order valence-electron chi connectivity index (χ3n) is 2.35. The van der Waals surface area contributed by atoms with E-state index in [1.807, 2.05) is 0 Å². The van der Waals surface area contributed by atoms with Gasteiger partial charge >= 0.3 is 34.1 Å². The van der Waals surface area contributed by atoms with Crippen molar-refractivity contribution in [3.05, 3.63) is 0 Å². The molecule has 0 bridgehead atoms. The van der Waals surface area contributed by atoms with Gasteiger partial charge in [-0.2, -0.15) is 0 Å². The summed E-state index contributed by atoms with van der Waals surface area (Å²) in [4.78, 5) is 57.8. The van der Waals surface area contributed by atoms with Crippen molar-refractivity contribution >= 4 is 35.8 Å². The van der Waals surface area contributed by atoms with Crippen LogP contribution in [0.25, 0.3) is 0 Å². The second-order valence-electron chi connectivity index (χ2n) is 4.58. The number of carboxylic acid groups (broad SMARTS) is 6. The fraction of sp³-hybridized carbons (Fsp3) is 0.500. The van der Waals surface area contributed by atoms with Gasteiger partial charge in [-0.15, -0.1) is 0 Å². The van der Waals surface area contributed by atoms with Gasteiger partial charge < -0.3 is 90.0 Å². The number of carboxylic acids is 6. The van der Waals surface area contributed by atoms with E-state index in [1.165, 1.54) is 0 Å². The first-order valence-corrected chi connectivity index (χ1v) is 6.73. The minimum atomic E-state index is -2.44. The monoisotopic (exact) mass is 554 g/mol. The summed E-state index contributed by atoms with van der Waals surface area (Å²) in [6.45, 7) is 0. The van der Waals surface area contributed by atoms with Gasteiger partial charge in [-0.05, 0) is 0 Å². The zero-order valence-corrected chi connectivity index (χ0v) is 17.2. The number of carbonyl (C=O) groups excluding carboxylic acids is 6. The summed E-state index contributed by atoms with van der Waals surface area (Å²) in [7, 11) is 0. The summed E-state index contributed by atoms with van der Waals surface area (Å²) in [6, 6.07) is 0. The Bertz CT molecular complexity index is 498. The summed E-state index contributed by atoms with van der Waals surface area (Å²) in [6.07, 6.45) is -14.6. The van der Waals surface area contributed by atoms with Crippen LogP contribution in [0.15, 0.2) is 0 Å². The van der Waals surface area contributed by atoms with Crippen molar-refractivity contribution in [1.82, 2.24) is 0 Å². The molecule has 0 spiro atoms. The molecule has 0 saturated heterocycles. The van der Waals surface area contributed by atoms with E-state index in [4.69, 9.17) is 30.6 Å². The molecule has 0 aromatic carbocycles. The van der Waals surface area contributed by atoms with Crippen molar-refractivity contribution in [2.75, 3.05) is 0 Å². The second kappa shape index (κ2) is 19.3. The first kappa shape index (κ1) is 40.0. The Kier molecular flexibility index (Phi) is 24.2. The Labute approximate surface area is 196 Å². The molecule has 20 heteroatoms. The third-order valence-corrected chi connectivity index (χ3v) is 2.35. The van der Waals surface area contributed by atoms with Gasteiger partial charge in [0.25, 0.3) is 0 Å². The first-order valence-electron chi connectivity index (χ1n) is 6.73. The summed E-state index contributed by atoms with van der Waals surface area (Å²) in [5.74, 6) is -12.4. The summed E-state index contributed by atoms with van der Waals surface area (Å²) in [5, 5.41) is 107. The van der Waals surface area contributed by atoms with E-state index < -0.39 is 72.4 Å². The smallest absolute Gasteiger partial charge is 0.547 e. The van der Waals surface area contributed by atoms with Crippen LogP contribution >= 0.6 is 0 Å². The number of aliphatic hydroxyl groups excluding tert-OH is 6. The van der Waals surface area contributed by atoms with Crippen LogP contribution in [0.5, 0.6) is 0 Å².